The maximum absolute atomic E-state index is 12.2. The van der Waals surface area contributed by atoms with Crippen LogP contribution in [0, 0.1) is 0 Å². The summed E-state index contributed by atoms with van der Waals surface area (Å²) in [5.74, 6) is 0.661. The van der Waals surface area contributed by atoms with Gasteiger partial charge in [0, 0.05) is 19.3 Å². The number of anilines is 1. The molecule has 1 aromatic heterocycles. The molecule has 2 heterocycles. The molecule has 1 saturated heterocycles. The van der Waals surface area contributed by atoms with Crippen LogP contribution in [0.1, 0.15) is 31.9 Å². The zero-order valence-corrected chi connectivity index (χ0v) is 12.6. The number of ether oxygens (including phenoxy) is 1. The van der Waals surface area contributed by atoms with Crippen LogP contribution in [-0.4, -0.2) is 48.3 Å². The molecule has 1 aliphatic heterocycles. The Balaban J connectivity index is 2.18. The van der Waals surface area contributed by atoms with Gasteiger partial charge in [0.25, 0.3) is 0 Å². The number of carbonyl (C=O) groups is 1. The van der Waals surface area contributed by atoms with Gasteiger partial charge in [0.05, 0.1) is 19.3 Å². The summed E-state index contributed by atoms with van der Waals surface area (Å²) in [6, 6.07) is 3.23. The van der Waals surface area contributed by atoms with Crippen LogP contribution >= 0.6 is 0 Å². The first-order valence-corrected chi connectivity index (χ1v) is 7.39. The monoisotopic (exact) mass is 293 g/mol. The van der Waals surface area contributed by atoms with Crippen LogP contribution in [0.25, 0.3) is 0 Å². The number of morpholine rings is 1. The van der Waals surface area contributed by atoms with E-state index >= 15 is 0 Å². The minimum absolute atomic E-state index is 0.0409. The van der Waals surface area contributed by atoms with Crippen LogP contribution in [0.4, 0.5) is 5.82 Å². The molecule has 0 aromatic carbocycles. The summed E-state index contributed by atoms with van der Waals surface area (Å²) in [5.41, 5.74) is 0.791. The van der Waals surface area contributed by atoms with E-state index in [4.69, 9.17) is 4.74 Å². The molecule has 2 rings (SSSR count). The molecule has 1 amide bonds. The van der Waals surface area contributed by atoms with Gasteiger partial charge >= 0.3 is 0 Å². The predicted octanol–water partition coefficient (Wildman–Crippen LogP) is 0.866. The van der Waals surface area contributed by atoms with E-state index in [9.17, 15) is 9.90 Å². The lowest BCUT2D eigenvalue weighted by molar-refractivity contribution is -0.124. The number of aromatic nitrogens is 1. The molecule has 116 valence electrons. The number of aliphatic hydroxyl groups excluding tert-OH is 1. The van der Waals surface area contributed by atoms with Gasteiger partial charge in [-0.25, -0.2) is 4.98 Å². The molecule has 0 bridgehead atoms. The number of carbonyl (C=O) groups excluding carboxylic acids is 1. The Morgan fingerprint density at radius 1 is 1.67 bits per heavy atom. The van der Waals surface area contributed by atoms with Gasteiger partial charge in [-0.1, -0.05) is 6.92 Å². The van der Waals surface area contributed by atoms with Crippen molar-refractivity contribution in [3.63, 3.8) is 0 Å². The number of hydrogen-bond donors (Lipinski definition) is 2. The number of hydrogen-bond acceptors (Lipinski definition) is 5. The predicted molar refractivity (Wildman–Crippen MR) is 80.1 cm³/mol. The lowest BCUT2D eigenvalue weighted by Crippen LogP contribution is -2.54. The standard InChI is InChI=1S/C15H23N3O3/c1-3-5-17-15(20)13-10-21-8-7-18(13)14-9-12(11(2)19)4-6-16-14/h4,6,9,11,13,19H,3,5,7-8,10H2,1-2H3,(H,17,20)/t11-,13?/m0/s1. The summed E-state index contributed by atoms with van der Waals surface area (Å²) in [4.78, 5) is 18.5. The van der Waals surface area contributed by atoms with E-state index < -0.39 is 6.10 Å². The summed E-state index contributed by atoms with van der Waals surface area (Å²) >= 11 is 0. The second kappa shape index (κ2) is 7.38. The van der Waals surface area contributed by atoms with E-state index in [1.165, 1.54) is 0 Å². The Hall–Kier alpha value is -1.66. The van der Waals surface area contributed by atoms with Crippen LogP contribution in [0.5, 0.6) is 0 Å². The van der Waals surface area contributed by atoms with Crippen molar-refractivity contribution in [3.8, 4) is 0 Å². The summed E-state index contributed by atoms with van der Waals surface area (Å²) < 4.78 is 5.43. The average Bonchev–Trinajstić information content (AvgIpc) is 2.52. The highest BCUT2D eigenvalue weighted by Gasteiger charge is 2.30. The van der Waals surface area contributed by atoms with Gasteiger partial charge in [-0.2, -0.15) is 0 Å². The smallest absolute Gasteiger partial charge is 0.245 e. The topological polar surface area (TPSA) is 74.7 Å². The molecule has 1 aromatic rings. The average molecular weight is 293 g/mol. The van der Waals surface area contributed by atoms with Crippen LogP contribution in [0.3, 0.4) is 0 Å². The maximum atomic E-state index is 12.2. The van der Waals surface area contributed by atoms with Crippen molar-refractivity contribution < 1.29 is 14.6 Å². The third-order valence-electron chi connectivity index (χ3n) is 3.53. The molecule has 21 heavy (non-hydrogen) atoms. The fraction of sp³-hybridized carbons (Fsp3) is 0.600. The van der Waals surface area contributed by atoms with E-state index in [0.29, 0.717) is 32.1 Å². The van der Waals surface area contributed by atoms with Crippen molar-refractivity contribution in [1.82, 2.24) is 10.3 Å². The Kier molecular flexibility index (Phi) is 5.52. The van der Waals surface area contributed by atoms with E-state index in [1.54, 1.807) is 19.2 Å². The fourth-order valence-electron chi connectivity index (χ4n) is 2.31. The number of nitrogens with one attached hydrogen (secondary N) is 1. The van der Waals surface area contributed by atoms with Gasteiger partial charge < -0.3 is 20.1 Å². The molecular weight excluding hydrogens is 270 g/mol. The van der Waals surface area contributed by atoms with Crippen molar-refractivity contribution in [2.45, 2.75) is 32.4 Å². The summed E-state index contributed by atoms with van der Waals surface area (Å²) in [6.07, 6.45) is 2.00. The summed E-state index contributed by atoms with van der Waals surface area (Å²) in [7, 11) is 0. The molecule has 0 spiro atoms. The molecule has 0 radical (unpaired) electrons. The molecule has 6 nitrogen and oxygen atoms in total. The number of nitrogens with zero attached hydrogens (tertiary/aromatic N) is 2. The first-order chi connectivity index (χ1) is 10.1. The van der Waals surface area contributed by atoms with Crippen LogP contribution in [0.15, 0.2) is 18.3 Å². The first-order valence-electron chi connectivity index (χ1n) is 7.39. The highest BCUT2D eigenvalue weighted by molar-refractivity contribution is 5.85. The minimum atomic E-state index is -0.555. The van der Waals surface area contributed by atoms with E-state index in [-0.39, 0.29) is 11.9 Å². The lowest BCUT2D eigenvalue weighted by Gasteiger charge is -2.35. The molecule has 0 aliphatic carbocycles. The van der Waals surface area contributed by atoms with Crippen molar-refractivity contribution in [3.05, 3.63) is 23.9 Å². The Morgan fingerprint density at radius 2 is 2.48 bits per heavy atom. The van der Waals surface area contributed by atoms with E-state index in [0.717, 1.165) is 12.0 Å². The molecule has 2 N–H and O–H groups in total. The molecule has 0 saturated carbocycles. The van der Waals surface area contributed by atoms with Crippen LogP contribution in [-0.2, 0) is 9.53 Å². The highest BCUT2D eigenvalue weighted by Crippen LogP contribution is 2.21. The normalized spacial score (nSPS) is 20.1. The van der Waals surface area contributed by atoms with Gasteiger partial charge in [-0.05, 0) is 31.0 Å². The van der Waals surface area contributed by atoms with Gasteiger partial charge in [-0.15, -0.1) is 0 Å². The lowest BCUT2D eigenvalue weighted by atomic mass is 10.1. The number of pyridine rings is 1. The first kappa shape index (κ1) is 15.7. The minimum Gasteiger partial charge on any atom is -0.389 e. The summed E-state index contributed by atoms with van der Waals surface area (Å²) in [5, 5.41) is 12.6. The molecule has 1 unspecified atom stereocenters. The SMILES string of the molecule is CCCNC(=O)C1COCCN1c1cc([C@H](C)O)ccn1. The fourth-order valence-corrected chi connectivity index (χ4v) is 2.31. The van der Waals surface area contributed by atoms with Crippen molar-refractivity contribution >= 4 is 11.7 Å². The quantitative estimate of drug-likeness (QED) is 0.842. The molecule has 1 fully saturated rings. The zero-order valence-electron chi connectivity index (χ0n) is 12.6. The van der Waals surface area contributed by atoms with Crippen LogP contribution in [0.2, 0.25) is 0 Å². The largest absolute Gasteiger partial charge is 0.389 e. The maximum Gasteiger partial charge on any atom is 0.245 e. The second-order valence-electron chi connectivity index (χ2n) is 5.20. The van der Waals surface area contributed by atoms with Crippen molar-refractivity contribution in [1.29, 1.82) is 0 Å². The van der Waals surface area contributed by atoms with Crippen molar-refractivity contribution in [2.24, 2.45) is 0 Å². The van der Waals surface area contributed by atoms with Gasteiger partial charge in [-0.3, -0.25) is 4.79 Å². The highest BCUT2D eigenvalue weighted by atomic mass is 16.5. The summed E-state index contributed by atoms with van der Waals surface area (Å²) in [6.45, 7) is 5.92. The van der Waals surface area contributed by atoms with E-state index in [1.807, 2.05) is 17.9 Å². The number of amides is 1. The third-order valence-corrected chi connectivity index (χ3v) is 3.53. The molecular formula is C15H23N3O3. The second-order valence-corrected chi connectivity index (χ2v) is 5.20. The zero-order chi connectivity index (χ0) is 15.2. The third kappa shape index (κ3) is 3.92. The van der Waals surface area contributed by atoms with Crippen molar-refractivity contribution in [2.75, 3.05) is 31.2 Å². The number of aliphatic hydroxyl groups is 1. The molecule has 6 heteroatoms. The van der Waals surface area contributed by atoms with Gasteiger partial charge in [0.2, 0.25) is 5.91 Å². The van der Waals surface area contributed by atoms with E-state index in [2.05, 4.69) is 10.3 Å². The molecule has 1 aliphatic rings. The Morgan fingerprint density at radius 3 is 3.19 bits per heavy atom. The van der Waals surface area contributed by atoms with Gasteiger partial charge in [0.15, 0.2) is 0 Å². The molecule has 2 atom stereocenters. The Labute approximate surface area is 125 Å². The Bertz CT molecular complexity index is 479. The van der Waals surface area contributed by atoms with Crippen LogP contribution < -0.4 is 10.2 Å². The van der Waals surface area contributed by atoms with Gasteiger partial charge in [0.1, 0.15) is 11.9 Å². The number of rotatable bonds is 5.